The number of nitrogens with two attached hydrogens (primary N) is 1. The SMILES string of the molecule is Cc1nc(N)c2nc(C)n([C@@H]3O[C@H](COP(=O)(O)OP(=O)(O)OP(=O)(O)O)[C@@H](O)[C@H]3O)c2n1. The smallest absolute Gasteiger partial charge is 0.387 e. The average Bonchev–Trinajstić information content (AvgIpc) is 3.07. The molecule has 8 N–H and O–H groups in total. The standard InChI is InChI=1S/C12H20N5O13P3/c1-4-14-10(13)7-11(15-4)17(5(2)16-7)12-9(19)8(18)6(28-12)3-27-32(23,24)30-33(25,26)29-31(20,21)22/h6,8-9,12,18-19H,3H2,1-2H3,(H,23,24)(H,25,26)(H2,13,14,15)(H2,20,21,22)/t6-,8-,9-,12-/m1/s1. The quantitative estimate of drug-likeness (QED) is 0.199. The van der Waals surface area contributed by atoms with Crippen molar-refractivity contribution in [2.45, 2.75) is 38.4 Å². The first-order chi connectivity index (χ1) is 15.0. The van der Waals surface area contributed by atoms with Crippen LogP contribution in [0.5, 0.6) is 0 Å². The molecule has 2 aromatic rings. The predicted octanol–water partition coefficient (Wildman–Crippen LogP) is -1.01. The summed E-state index contributed by atoms with van der Waals surface area (Å²) < 4.78 is 52.4. The van der Waals surface area contributed by atoms with Crippen molar-refractivity contribution < 1.29 is 61.4 Å². The molecule has 2 unspecified atom stereocenters. The van der Waals surface area contributed by atoms with E-state index in [1.165, 1.54) is 11.5 Å². The van der Waals surface area contributed by atoms with Gasteiger partial charge in [-0.15, -0.1) is 0 Å². The van der Waals surface area contributed by atoms with Crippen molar-refractivity contribution in [3.05, 3.63) is 11.6 Å². The number of phosphoric acid groups is 3. The third-order valence-corrected chi connectivity index (χ3v) is 8.07. The van der Waals surface area contributed by atoms with E-state index in [2.05, 4.69) is 28.1 Å². The van der Waals surface area contributed by atoms with Gasteiger partial charge in [-0.05, 0) is 13.8 Å². The minimum atomic E-state index is -5.71. The van der Waals surface area contributed by atoms with Gasteiger partial charge in [-0.25, -0.2) is 28.6 Å². The molecule has 33 heavy (non-hydrogen) atoms. The summed E-state index contributed by atoms with van der Waals surface area (Å²) in [7, 11) is -16.7. The Labute approximate surface area is 184 Å². The first kappa shape index (κ1) is 26.2. The topological polar surface area (TPSA) is 279 Å². The summed E-state index contributed by atoms with van der Waals surface area (Å²) in [6.45, 7) is 2.15. The Morgan fingerprint density at radius 1 is 1.00 bits per heavy atom. The number of nitrogen functional groups attached to an aromatic ring is 1. The lowest BCUT2D eigenvalue weighted by Gasteiger charge is -2.19. The van der Waals surface area contributed by atoms with Gasteiger partial charge in [0.1, 0.15) is 30.0 Å². The summed E-state index contributed by atoms with van der Waals surface area (Å²) in [5.74, 6) is 0.636. The number of aliphatic hydroxyl groups excluding tert-OH is 2. The molecule has 0 aromatic carbocycles. The van der Waals surface area contributed by atoms with Gasteiger partial charge in [-0.2, -0.15) is 8.62 Å². The molecule has 6 atom stereocenters. The Morgan fingerprint density at radius 2 is 1.64 bits per heavy atom. The lowest BCUT2D eigenvalue weighted by molar-refractivity contribution is -0.0511. The van der Waals surface area contributed by atoms with Gasteiger partial charge in [0.15, 0.2) is 23.2 Å². The number of hydrogen-bond acceptors (Lipinski definition) is 13. The van der Waals surface area contributed by atoms with Crippen molar-refractivity contribution in [1.82, 2.24) is 19.5 Å². The molecule has 186 valence electrons. The zero-order valence-corrected chi connectivity index (χ0v) is 19.4. The molecule has 0 aliphatic carbocycles. The van der Waals surface area contributed by atoms with Crippen molar-refractivity contribution in [2.75, 3.05) is 12.3 Å². The lowest BCUT2D eigenvalue weighted by Crippen LogP contribution is -2.33. The molecule has 1 fully saturated rings. The molecule has 0 radical (unpaired) electrons. The van der Waals surface area contributed by atoms with Crippen LogP contribution < -0.4 is 5.73 Å². The number of nitrogens with zero attached hydrogens (tertiary/aromatic N) is 4. The maximum Gasteiger partial charge on any atom is 0.490 e. The second-order valence-electron chi connectivity index (χ2n) is 6.79. The largest absolute Gasteiger partial charge is 0.490 e. The molecule has 1 saturated heterocycles. The molecule has 3 rings (SSSR count). The van der Waals surface area contributed by atoms with Gasteiger partial charge in [0.2, 0.25) is 0 Å². The number of ether oxygens (including phenoxy) is 1. The van der Waals surface area contributed by atoms with Gasteiger partial charge >= 0.3 is 23.5 Å². The van der Waals surface area contributed by atoms with Crippen LogP contribution >= 0.6 is 23.5 Å². The maximum absolute atomic E-state index is 11.9. The Kier molecular flexibility index (Phi) is 7.17. The highest BCUT2D eigenvalue weighted by molar-refractivity contribution is 7.66. The van der Waals surface area contributed by atoms with Gasteiger partial charge in [0.05, 0.1) is 6.61 Å². The number of aryl methyl sites for hydroxylation is 2. The van der Waals surface area contributed by atoms with E-state index in [1.54, 1.807) is 6.92 Å². The third-order valence-electron chi connectivity index (χ3n) is 4.26. The first-order valence-corrected chi connectivity index (χ1v) is 13.3. The van der Waals surface area contributed by atoms with Crippen molar-refractivity contribution >= 4 is 40.4 Å². The minimum absolute atomic E-state index is 0.0663. The molecule has 21 heteroatoms. The van der Waals surface area contributed by atoms with Crippen molar-refractivity contribution in [3.63, 3.8) is 0 Å². The van der Waals surface area contributed by atoms with E-state index < -0.39 is 54.6 Å². The van der Waals surface area contributed by atoms with Crippen LogP contribution in [0.2, 0.25) is 0 Å². The van der Waals surface area contributed by atoms with E-state index in [4.69, 9.17) is 25.2 Å². The Balaban J connectivity index is 1.76. The third kappa shape index (κ3) is 6.01. The second-order valence-corrected chi connectivity index (χ2v) is 11.2. The van der Waals surface area contributed by atoms with Crippen LogP contribution in [-0.4, -0.2) is 74.2 Å². The summed E-state index contributed by atoms with van der Waals surface area (Å²) in [4.78, 5) is 48.2. The van der Waals surface area contributed by atoms with E-state index in [0.29, 0.717) is 5.82 Å². The van der Waals surface area contributed by atoms with Crippen molar-refractivity contribution in [3.8, 4) is 0 Å². The number of aromatic nitrogens is 4. The van der Waals surface area contributed by atoms with Crippen LogP contribution in [0.25, 0.3) is 11.2 Å². The maximum atomic E-state index is 11.9. The Hall–Kier alpha value is -1.36. The molecule has 2 aromatic heterocycles. The van der Waals surface area contributed by atoms with E-state index in [-0.39, 0.29) is 22.8 Å². The molecular formula is C12H20N5O13P3. The molecular weight excluding hydrogens is 515 g/mol. The van der Waals surface area contributed by atoms with Crippen molar-refractivity contribution in [2.24, 2.45) is 0 Å². The van der Waals surface area contributed by atoms with Crippen LogP contribution in [0, 0.1) is 13.8 Å². The van der Waals surface area contributed by atoms with Crippen LogP contribution in [0.4, 0.5) is 5.82 Å². The van der Waals surface area contributed by atoms with Gasteiger partial charge in [-0.1, -0.05) is 0 Å². The monoisotopic (exact) mass is 535 g/mol. The minimum Gasteiger partial charge on any atom is -0.387 e. The number of aliphatic hydroxyl groups is 2. The number of hydrogen-bond donors (Lipinski definition) is 7. The summed E-state index contributed by atoms with van der Waals surface area (Å²) >= 11 is 0. The number of imidazole rings is 1. The summed E-state index contributed by atoms with van der Waals surface area (Å²) in [5, 5.41) is 20.7. The molecule has 0 saturated carbocycles. The van der Waals surface area contributed by atoms with E-state index >= 15 is 0 Å². The summed E-state index contributed by atoms with van der Waals surface area (Å²) in [6.07, 6.45) is -6.05. The van der Waals surface area contributed by atoms with Crippen LogP contribution in [0.15, 0.2) is 0 Å². The number of fused-ring (bicyclic) bond motifs is 1. The van der Waals surface area contributed by atoms with Crippen molar-refractivity contribution in [1.29, 1.82) is 0 Å². The molecule has 0 spiro atoms. The van der Waals surface area contributed by atoms with E-state index in [1.807, 2.05) is 0 Å². The van der Waals surface area contributed by atoms with E-state index in [9.17, 15) is 28.8 Å². The molecule has 0 amide bonds. The van der Waals surface area contributed by atoms with Crippen LogP contribution in [-0.2, 0) is 31.6 Å². The molecule has 1 aliphatic heterocycles. The fraction of sp³-hybridized carbons (Fsp3) is 0.583. The van der Waals surface area contributed by atoms with Gasteiger partial charge in [0.25, 0.3) is 0 Å². The fourth-order valence-corrected chi connectivity index (χ4v) is 6.10. The van der Waals surface area contributed by atoms with Crippen LogP contribution in [0.1, 0.15) is 17.9 Å². The van der Waals surface area contributed by atoms with E-state index in [0.717, 1.165) is 0 Å². The predicted molar refractivity (Wildman–Crippen MR) is 105 cm³/mol. The first-order valence-electron chi connectivity index (χ1n) is 8.78. The second kappa shape index (κ2) is 9.02. The zero-order chi connectivity index (χ0) is 24.9. The molecule has 0 bridgehead atoms. The lowest BCUT2D eigenvalue weighted by atomic mass is 10.1. The fourth-order valence-electron chi connectivity index (χ4n) is 3.07. The number of rotatable bonds is 8. The molecule has 1 aliphatic rings. The zero-order valence-electron chi connectivity index (χ0n) is 16.8. The summed E-state index contributed by atoms with van der Waals surface area (Å²) in [6, 6.07) is 0. The Morgan fingerprint density at radius 3 is 2.24 bits per heavy atom. The summed E-state index contributed by atoms with van der Waals surface area (Å²) in [5.41, 5.74) is 6.23. The van der Waals surface area contributed by atoms with Gasteiger partial charge in [-0.3, -0.25) is 9.09 Å². The highest BCUT2D eigenvalue weighted by Crippen LogP contribution is 2.66. The normalized spacial score (nSPS) is 27.5. The van der Waals surface area contributed by atoms with Gasteiger partial charge < -0.3 is 40.3 Å². The highest BCUT2D eigenvalue weighted by Gasteiger charge is 2.47. The Bertz CT molecular complexity index is 1200. The highest BCUT2D eigenvalue weighted by atomic mass is 31.3. The van der Waals surface area contributed by atoms with Gasteiger partial charge in [0, 0.05) is 0 Å². The van der Waals surface area contributed by atoms with Crippen LogP contribution in [0.3, 0.4) is 0 Å². The number of anilines is 1. The molecule has 18 nitrogen and oxygen atoms in total. The molecule has 3 heterocycles. The average molecular weight is 535 g/mol. The number of phosphoric ester groups is 1.